The van der Waals surface area contributed by atoms with Crippen LogP contribution in [0.15, 0.2) is 17.0 Å². The Morgan fingerprint density at radius 2 is 2.29 bits per heavy atom. The van der Waals surface area contributed by atoms with Crippen molar-refractivity contribution in [3.05, 3.63) is 17.1 Å². The summed E-state index contributed by atoms with van der Waals surface area (Å²) in [7, 11) is 0. The number of fused-ring (bicyclic) bond motifs is 1. The number of aliphatic hydroxyl groups excluding tert-OH is 1. The molecule has 0 radical (unpaired) electrons. The van der Waals surface area contributed by atoms with Gasteiger partial charge in [-0.1, -0.05) is 6.92 Å². The first-order valence-electron chi connectivity index (χ1n) is 5.54. The highest BCUT2D eigenvalue weighted by molar-refractivity contribution is 8.00. The number of rotatable bonds is 4. The molecule has 17 heavy (non-hydrogen) atoms. The molecule has 0 saturated heterocycles. The summed E-state index contributed by atoms with van der Waals surface area (Å²) >= 11 is 3.36. The standard InChI is InChI=1S/C12H16N2OS2/c1-7(3-4-15)16-11-6-10-12(5-9(11)13)17-8(2)14-10/h5-7,15H,3-4,13H2,1-2H3. The second-order valence-corrected chi connectivity index (χ2v) is 6.75. The molecule has 0 aliphatic heterocycles. The fourth-order valence-corrected chi connectivity index (χ4v) is 3.53. The third kappa shape index (κ3) is 2.91. The number of hydrogen-bond acceptors (Lipinski definition) is 5. The van der Waals surface area contributed by atoms with Crippen molar-refractivity contribution in [3.63, 3.8) is 0 Å². The quantitative estimate of drug-likeness (QED) is 0.661. The first-order chi connectivity index (χ1) is 8.10. The van der Waals surface area contributed by atoms with Crippen molar-refractivity contribution >= 4 is 39.0 Å². The molecular weight excluding hydrogens is 252 g/mol. The smallest absolute Gasteiger partial charge is 0.0907 e. The molecule has 0 aliphatic rings. The molecule has 3 nitrogen and oxygen atoms in total. The van der Waals surface area contributed by atoms with Gasteiger partial charge in [0, 0.05) is 22.4 Å². The number of thioether (sulfide) groups is 1. The number of aromatic nitrogens is 1. The van der Waals surface area contributed by atoms with Crippen LogP contribution in [0.1, 0.15) is 18.4 Å². The van der Waals surface area contributed by atoms with Gasteiger partial charge in [-0.15, -0.1) is 23.1 Å². The largest absolute Gasteiger partial charge is 0.398 e. The van der Waals surface area contributed by atoms with E-state index in [9.17, 15) is 0 Å². The lowest BCUT2D eigenvalue weighted by atomic mass is 10.3. The number of aryl methyl sites for hydroxylation is 1. The van der Waals surface area contributed by atoms with Crippen molar-refractivity contribution < 1.29 is 5.11 Å². The highest BCUT2D eigenvalue weighted by atomic mass is 32.2. The number of benzene rings is 1. The number of aliphatic hydroxyl groups is 1. The minimum Gasteiger partial charge on any atom is -0.398 e. The third-order valence-corrected chi connectivity index (χ3v) is 4.67. The second-order valence-electron chi connectivity index (χ2n) is 4.03. The van der Waals surface area contributed by atoms with Gasteiger partial charge in [0.2, 0.25) is 0 Å². The average Bonchev–Trinajstić information content (AvgIpc) is 2.58. The fraction of sp³-hybridized carbons (Fsp3) is 0.417. The average molecular weight is 268 g/mol. The summed E-state index contributed by atoms with van der Waals surface area (Å²) < 4.78 is 1.14. The van der Waals surface area contributed by atoms with Gasteiger partial charge in [0.25, 0.3) is 0 Å². The highest BCUT2D eigenvalue weighted by Gasteiger charge is 2.10. The van der Waals surface area contributed by atoms with Crippen molar-refractivity contribution in [1.82, 2.24) is 4.98 Å². The first-order valence-corrected chi connectivity index (χ1v) is 7.24. The van der Waals surface area contributed by atoms with Crippen LogP contribution in [-0.2, 0) is 0 Å². The van der Waals surface area contributed by atoms with E-state index < -0.39 is 0 Å². The summed E-state index contributed by atoms with van der Waals surface area (Å²) in [6, 6.07) is 4.04. The van der Waals surface area contributed by atoms with Crippen LogP contribution in [0.2, 0.25) is 0 Å². The zero-order valence-electron chi connectivity index (χ0n) is 9.93. The Morgan fingerprint density at radius 1 is 1.53 bits per heavy atom. The van der Waals surface area contributed by atoms with Gasteiger partial charge in [-0.3, -0.25) is 0 Å². The molecule has 3 N–H and O–H groups in total. The van der Waals surface area contributed by atoms with Crippen LogP contribution in [0.25, 0.3) is 10.2 Å². The maximum Gasteiger partial charge on any atom is 0.0907 e. The van der Waals surface area contributed by atoms with Crippen molar-refractivity contribution in [2.24, 2.45) is 0 Å². The second kappa shape index (κ2) is 5.25. The molecule has 1 atom stereocenters. The molecule has 0 bridgehead atoms. The van der Waals surface area contributed by atoms with Gasteiger partial charge in [0.1, 0.15) is 0 Å². The van der Waals surface area contributed by atoms with E-state index in [0.717, 1.165) is 32.2 Å². The molecule has 0 fully saturated rings. The van der Waals surface area contributed by atoms with Crippen LogP contribution < -0.4 is 5.73 Å². The van der Waals surface area contributed by atoms with Crippen LogP contribution >= 0.6 is 23.1 Å². The minimum atomic E-state index is 0.214. The van der Waals surface area contributed by atoms with Gasteiger partial charge >= 0.3 is 0 Å². The van der Waals surface area contributed by atoms with Crippen LogP contribution in [0.4, 0.5) is 5.69 Å². The Kier molecular flexibility index (Phi) is 3.91. The Hall–Kier alpha value is -0.780. The molecule has 1 unspecified atom stereocenters. The topological polar surface area (TPSA) is 59.1 Å². The van der Waals surface area contributed by atoms with E-state index in [2.05, 4.69) is 11.9 Å². The predicted molar refractivity (Wildman–Crippen MR) is 75.8 cm³/mol. The van der Waals surface area contributed by atoms with E-state index in [1.807, 2.05) is 19.1 Å². The normalized spacial score (nSPS) is 13.1. The predicted octanol–water partition coefficient (Wildman–Crippen LogP) is 3.05. The van der Waals surface area contributed by atoms with E-state index >= 15 is 0 Å². The first kappa shape index (κ1) is 12.7. The molecule has 1 aromatic heterocycles. The van der Waals surface area contributed by atoms with Gasteiger partial charge in [0.05, 0.1) is 15.2 Å². The maximum absolute atomic E-state index is 8.90. The van der Waals surface area contributed by atoms with Gasteiger partial charge in [-0.2, -0.15) is 0 Å². The van der Waals surface area contributed by atoms with E-state index in [1.165, 1.54) is 0 Å². The van der Waals surface area contributed by atoms with Crippen molar-refractivity contribution in [3.8, 4) is 0 Å². The zero-order valence-corrected chi connectivity index (χ0v) is 11.6. The molecule has 0 spiro atoms. The van der Waals surface area contributed by atoms with Crippen molar-refractivity contribution in [2.75, 3.05) is 12.3 Å². The lowest BCUT2D eigenvalue weighted by molar-refractivity contribution is 0.289. The van der Waals surface area contributed by atoms with Crippen LogP contribution in [-0.4, -0.2) is 21.9 Å². The molecule has 0 aliphatic carbocycles. The SMILES string of the molecule is Cc1nc2cc(SC(C)CCO)c(N)cc2s1. The number of hydrogen-bond donors (Lipinski definition) is 2. The fourth-order valence-electron chi connectivity index (χ4n) is 1.65. The van der Waals surface area contributed by atoms with Gasteiger partial charge in [-0.05, 0) is 25.5 Å². The van der Waals surface area contributed by atoms with E-state index in [-0.39, 0.29) is 6.61 Å². The van der Waals surface area contributed by atoms with Crippen LogP contribution in [0.5, 0.6) is 0 Å². The Bertz CT molecular complexity index is 524. The van der Waals surface area contributed by atoms with E-state index in [0.29, 0.717) is 5.25 Å². The molecule has 2 aromatic rings. The number of nitrogen functional groups attached to an aromatic ring is 1. The summed E-state index contributed by atoms with van der Waals surface area (Å²) in [5.41, 5.74) is 7.85. The molecular formula is C12H16N2OS2. The van der Waals surface area contributed by atoms with Crippen LogP contribution in [0, 0.1) is 6.92 Å². The van der Waals surface area contributed by atoms with Crippen molar-refractivity contribution in [1.29, 1.82) is 0 Å². The zero-order chi connectivity index (χ0) is 12.4. The molecule has 2 rings (SSSR count). The lowest BCUT2D eigenvalue weighted by Crippen LogP contribution is -2.00. The molecule has 5 heteroatoms. The highest BCUT2D eigenvalue weighted by Crippen LogP contribution is 2.35. The number of thiazole rings is 1. The molecule has 1 aromatic carbocycles. The monoisotopic (exact) mass is 268 g/mol. The summed E-state index contributed by atoms with van der Waals surface area (Å²) in [5, 5.41) is 10.3. The van der Waals surface area contributed by atoms with Gasteiger partial charge < -0.3 is 10.8 Å². The molecule has 92 valence electrons. The molecule has 0 saturated carbocycles. The van der Waals surface area contributed by atoms with E-state index in [1.54, 1.807) is 23.1 Å². The lowest BCUT2D eigenvalue weighted by Gasteiger charge is -2.11. The van der Waals surface area contributed by atoms with Crippen LogP contribution in [0.3, 0.4) is 0 Å². The summed E-state index contributed by atoms with van der Waals surface area (Å²) in [6.07, 6.45) is 0.776. The summed E-state index contributed by atoms with van der Waals surface area (Å²) in [4.78, 5) is 5.53. The molecule has 1 heterocycles. The maximum atomic E-state index is 8.90. The van der Waals surface area contributed by atoms with Crippen molar-refractivity contribution in [2.45, 2.75) is 30.4 Å². The third-order valence-electron chi connectivity index (χ3n) is 2.49. The Balaban J connectivity index is 2.30. The van der Waals surface area contributed by atoms with E-state index in [4.69, 9.17) is 10.8 Å². The minimum absolute atomic E-state index is 0.214. The van der Waals surface area contributed by atoms with Gasteiger partial charge in [0.15, 0.2) is 0 Å². The van der Waals surface area contributed by atoms with Gasteiger partial charge in [-0.25, -0.2) is 4.98 Å². The Labute approximate surface area is 109 Å². The summed E-state index contributed by atoms with van der Waals surface area (Å²) in [6.45, 7) is 4.31. The number of anilines is 1. The number of nitrogens with zero attached hydrogens (tertiary/aromatic N) is 1. The summed E-state index contributed by atoms with van der Waals surface area (Å²) in [5.74, 6) is 0. The number of nitrogens with two attached hydrogens (primary N) is 1. The Morgan fingerprint density at radius 3 is 3.00 bits per heavy atom. The molecule has 0 amide bonds.